The number of nitrogens with one attached hydrogen (secondary N) is 1. The van der Waals surface area contributed by atoms with Crippen LogP contribution < -0.4 is 5.32 Å². The maximum atomic E-state index is 11.9. The molecule has 0 atom stereocenters. The highest BCUT2D eigenvalue weighted by Crippen LogP contribution is 2.05. The van der Waals surface area contributed by atoms with Gasteiger partial charge in [-0.25, -0.2) is 9.59 Å². The SMILES string of the molecule is CCCN(C(=O)NC(=O)C(C)=C(C)C(=O)O)C(C)C. The fourth-order valence-corrected chi connectivity index (χ4v) is 1.43. The molecule has 0 radical (unpaired) electrons. The molecule has 0 saturated heterocycles. The van der Waals surface area contributed by atoms with Gasteiger partial charge in [0.15, 0.2) is 0 Å². The van der Waals surface area contributed by atoms with Crippen LogP contribution in [-0.4, -0.2) is 40.5 Å². The van der Waals surface area contributed by atoms with Crippen LogP contribution in [0.25, 0.3) is 0 Å². The van der Waals surface area contributed by atoms with E-state index in [0.717, 1.165) is 6.42 Å². The minimum Gasteiger partial charge on any atom is -0.478 e. The van der Waals surface area contributed by atoms with E-state index in [0.29, 0.717) is 6.54 Å². The number of amides is 3. The van der Waals surface area contributed by atoms with Gasteiger partial charge in [-0.2, -0.15) is 0 Å². The van der Waals surface area contributed by atoms with E-state index >= 15 is 0 Å². The first-order chi connectivity index (χ1) is 8.72. The summed E-state index contributed by atoms with van der Waals surface area (Å²) in [7, 11) is 0. The van der Waals surface area contributed by atoms with Crippen LogP contribution in [0.4, 0.5) is 4.79 Å². The molecule has 0 saturated carbocycles. The predicted octanol–water partition coefficient (Wildman–Crippen LogP) is 1.76. The van der Waals surface area contributed by atoms with E-state index in [1.54, 1.807) is 0 Å². The Balaban J connectivity index is 4.86. The van der Waals surface area contributed by atoms with Crippen molar-refractivity contribution < 1.29 is 19.5 Å². The van der Waals surface area contributed by atoms with Gasteiger partial charge in [0.05, 0.1) is 0 Å². The number of carboxylic acids is 1. The van der Waals surface area contributed by atoms with Crippen molar-refractivity contribution in [1.29, 1.82) is 0 Å². The van der Waals surface area contributed by atoms with Gasteiger partial charge in [-0.15, -0.1) is 0 Å². The average Bonchev–Trinajstić information content (AvgIpc) is 2.32. The highest BCUT2D eigenvalue weighted by atomic mass is 16.4. The molecule has 0 rings (SSSR count). The lowest BCUT2D eigenvalue weighted by Gasteiger charge is -2.26. The average molecular weight is 270 g/mol. The number of rotatable bonds is 5. The van der Waals surface area contributed by atoms with Crippen LogP contribution in [0.15, 0.2) is 11.1 Å². The standard InChI is InChI=1S/C13H22N2O4/c1-6-7-15(8(2)3)13(19)14-11(16)9(4)10(5)12(17)18/h8H,6-7H2,1-5H3,(H,17,18)(H,14,16,19). The zero-order chi connectivity index (χ0) is 15.2. The number of imide groups is 1. The van der Waals surface area contributed by atoms with E-state index in [2.05, 4.69) is 5.32 Å². The maximum Gasteiger partial charge on any atom is 0.331 e. The molecule has 6 nitrogen and oxygen atoms in total. The molecule has 0 aliphatic heterocycles. The Labute approximate surface area is 113 Å². The Morgan fingerprint density at radius 2 is 1.68 bits per heavy atom. The van der Waals surface area contributed by atoms with Crippen molar-refractivity contribution in [2.24, 2.45) is 0 Å². The van der Waals surface area contributed by atoms with Crippen LogP contribution in [0.3, 0.4) is 0 Å². The molecule has 0 fully saturated rings. The first-order valence-electron chi connectivity index (χ1n) is 6.25. The van der Waals surface area contributed by atoms with Crippen molar-refractivity contribution in [2.75, 3.05) is 6.54 Å². The van der Waals surface area contributed by atoms with Gasteiger partial charge in [0.25, 0.3) is 5.91 Å². The largest absolute Gasteiger partial charge is 0.478 e. The van der Waals surface area contributed by atoms with Crippen molar-refractivity contribution in [3.8, 4) is 0 Å². The monoisotopic (exact) mass is 270 g/mol. The van der Waals surface area contributed by atoms with Gasteiger partial charge in [-0.1, -0.05) is 6.92 Å². The number of aliphatic carboxylic acids is 1. The quantitative estimate of drug-likeness (QED) is 0.745. The van der Waals surface area contributed by atoms with Crippen molar-refractivity contribution in [3.63, 3.8) is 0 Å². The lowest BCUT2D eigenvalue weighted by molar-refractivity contribution is -0.133. The lowest BCUT2D eigenvalue weighted by Crippen LogP contribution is -2.46. The van der Waals surface area contributed by atoms with Gasteiger partial charge in [0, 0.05) is 23.7 Å². The highest BCUT2D eigenvalue weighted by Gasteiger charge is 2.20. The topological polar surface area (TPSA) is 86.7 Å². The summed E-state index contributed by atoms with van der Waals surface area (Å²) in [5, 5.41) is 11.0. The molecule has 19 heavy (non-hydrogen) atoms. The van der Waals surface area contributed by atoms with E-state index in [1.165, 1.54) is 18.7 Å². The summed E-state index contributed by atoms with van der Waals surface area (Å²) >= 11 is 0. The van der Waals surface area contributed by atoms with E-state index in [9.17, 15) is 14.4 Å². The number of urea groups is 1. The minimum absolute atomic E-state index is 0.0288. The second-order valence-electron chi connectivity index (χ2n) is 4.60. The zero-order valence-corrected chi connectivity index (χ0v) is 12.1. The Bertz CT molecular complexity index is 399. The summed E-state index contributed by atoms with van der Waals surface area (Å²) in [6.45, 7) is 8.89. The number of carbonyl (C=O) groups excluding carboxylic acids is 2. The van der Waals surface area contributed by atoms with Crippen LogP contribution in [-0.2, 0) is 9.59 Å². The molecular formula is C13H22N2O4. The minimum atomic E-state index is -1.17. The first-order valence-corrected chi connectivity index (χ1v) is 6.25. The molecule has 0 unspecified atom stereocenters. The molecule has 0 aliphatic rings. The van der Waals surface area contributed by atoms with Crippen molar-refractivity contribution >= 4 is 17.9 Å². The number of hydrogen-bond acceptors (Lipinski definition) is 3. The molecule has 0 bridgehead atoms. The third kappa shape index (κ3) is 5.11. The lowest BCUT2D eigenvalue weighted by atomic mass is 10.1. The molecule has 6 heteroatoms. The summed E-state index contributed by atoms with van der Waals surface area (Å²) < 4.78 is 0. The number of carboxylic acid groups (broad SMARTS) is 1. The van der Waals surface area contributed by atoms with E-state index < -0.39 is 17.9 Å². The molecule has 3 amide bonds. The third-order valence-corrected chi connectivity index (χ3v) is 2.79. The van der Waals surface area contributed by atoms with Crippen LogP contribution in [0, 0.1) is 0 Å². The Hall–Kier alpha value is -1.85. The van der Waals surface area contributed by atoms with Crippen LogP contribution in [0.5, 0.6) is 0 Å². The fraction of sp³-hybridized carbons (Fsp3) is 0.615. The molecule has 0 aromatic rings. The van der Waals surface area contributed by atoms with Crippen LogP contribution >= 0.6 is 0 Å². The predicted molar refractivity (Wildman–Crippen MR) is 71.7 cm³/mol. The molecule has 0 aliphatic carbocycles. The van der Waals surface area contributed by atoms with Gasteiger partial charge in [0.2, 0.25) is 0 Å². The molecule has 0 aromatic carbocycles. The van der Waals surface area contributed by atoms with Crippen molar-refractivity contribution in [1.82, 2.24) is 10.2 Å². The van der Waals surface area contributed by atoms with E-state index in [1.807, 2.05) is 20.8 Å². The van der Waals surface area contributed by atoms with Gasteiger partial charge >= 0.3 is 12.0 Å². The van der Waals surface area contributed by atoms with E-state index in [-0.39, 0.29) is 17.2 Å². The molecule has 0 aromatic heterocycles. The normalized spacial score (nSPS) is 11.9. The second kappa shape index (κ2) is 7.56. The van der Waals surface area contributed by atoms with Crippen molar-refractivity contribution in [3.05, 3.63) is 11.1 Å². The number of hydrogen-bond donors (Lipinski definition) is 2. The highest BCUT2D eigenvalue weighted by molar-refractivity contribution is 6.07. The molecular weight excluding hydrogens is 248 g/mol. The molecule has 0 spiro atoms. The van der Waals surface area contributed by atoms with Gasteiger partial charge in [-0.3, -0.25) is 10.1 Å². The van der Waals surface area contributed by atoms with Gasteiger partial charge in [-0.05, 0) is 34.1 Å². The van der Waals surface area contributed by atoms with Gasteiger partial charge < -0.3 is 10.0 Å². The third-order valence-electron chi connectivity index (χ3n) is 2.79. The summed E-state index contributed by atoms with van der Waals surface area (Å²) in [4.78, 5) is 35.9. The van der Waals surface area contributed by atoms with Crippen molar-refractivity contribution in [2.45, 2.75) is 47.1 Å². The molecule has 2 N–H and O–H groups in total. The number of carbonyl (C=O) groups is 3. The summed E-state index contributed by atoms with van der Waals surface area (Å²) in [5.74, 6) is -1.85. The molecule has 0 heterocycles. The summed E-state index contributed by atoms with van der Waals surface area (Å²) in [5.41, 5.74) is -0.0436. The van der Waals surface area contributed by atoms with E-state index in [4.69, 9.17) is 5.11 Å². The Morgan fingerprint density at radius 1 is 1.16 bits per heavy atom. The fourth-order valence-electron chi connectivity index (χ4n) is 1.43. The van der Waals surface area contributed by atoms with Crippen LogP contribution in [0.2, 0.25) is 0 Å². The van der Waals surface area contributed by atoms with Gasteiger partial charge in [0.1, 0.15) is 0 Å². The number of nitrogens with zero attached hydrogens (tertiary/aromatic N) is 1. The Morgan fingerprint density at radius 3 is 2.05 bits per heavy atom. The molecule has 108 valence electrons. The second-order valence-corrected chi connectivity index (χ2v) is 4.60. The summed E-state index contributed by atoms with van der Waals surface area (Å²) in [6.07, 6.45) is 0.781. The first kappa shape index (κ1) is 17.2. The summed E-state index contributed by atoms with van der Waals surface area (Å²) in [6, 6.07) is -0.531. The Kier molecular flexibility index (Phi) is 6.82. The smallest absolute Gasteiger partial charge is 0.331 e. The van der Waals surface area contributed by atoms with Crippen LogP contribution in [0.1, 0.15) is 41.0 Å². The maximum absolute atomic E-state index is 11.9. The zero-order valence-electron chi connectivity index (χ0n) is 12.1.